The molecule has 0 spiro atoms. The fraction of sp³-hybridized carbons (Fsp3) is 0.769. The molecule has 2 heteroatoms. The Morgan fingerprint density at radius 1 is 1.47 bits per heavy atom. The molecular weight excluding hydrogens is 186 g/mol. The maximum atomic E-state index is 11.6. The van der Waals surface area contributed by atoms with Crippen LogP contribution in [0.3, 0.4) is 0 Å². The summed E-state index contributed by atoms with van der Waals surface area (Å²) in [6.45, 7) is 9.18. The Morgan fingerprint density at radius 2 is 2.20 bits per heavy atom. The number of unbranched alkanes of at least 4 members (excludes halogenated alkanes) is 1. The zero-order valence-corrected chi connectivity index (χ0v) is 10.2. The highest BCUT2D eigenvalue weighted by atomic mass is 16.1. The van der Waals surface area contributed by atoms with Gasteiger partial charge < -0.3 is 5.32 Å². The molecule has 0 aromatic carbocycles. The van der Waals surface area contributed by atoms with Crippen LogP contribution < -0.4 is 5.32 Å². The van der Waals surface area contributed by atoms with Gasteiger partial charge in [-0.1, -0.05) is 45.6 Å². The highest BCUT2D eigenvalue weighted by molar-refractivity contribution is 5.80. The van der Waals surface area contributed by atoms with E-state index in [9.17, 15) is 4.79 Å². The predicted molar refractivity (Wildman–Crippen MR) is 66.0 cm³/mol. The van der Waals surface area contributed by atoms with Gasteiger partial charge in [-0.25, -0.2) is 0 Å². The van der Waals surface area contributed by atoms with Crippen molar-refractivity contribution in [2.45, 2.75) is 46.0 Å². The van der Waals surface area contributed by atoms with Crippen LogP contribution in [0.15, 0.2) is 12.7 Å². The van der Waals surface area contributed by atoms with E-state index in [4.69, 9.17) is 0 Å². The summed E-state index contributed by atoms with van der Waals surface area (Å²) >= 11 is 0. The lowest BCUT2D eigenvalue weighted by atomic mass is 9.94. The van der Waals surface area contributed by atoms with Gasteiger partial charge in [-0.05, 0) is 5.92 Å². The van der Waals surface area contributed by atoms with Crippen molar-refractivity contribution in [3.63, 3.8) is 0 Å². The second kappa shape index (κ2) is 9.91. The van der Waals surface area contributed by atoms with Crippen LogP contribution in [0, 0.1) is 5.92 Å². The first kappa shape index (κ1) is 14.4. The molecule has 1 unspecified atom stereocenters. The molecule has 0 saturated heterocycles. The standard InChI is InChI=1S/C13H25NO/c1-4-7-8-12(6-3)10-13(15)11-14-9-5-2/h5,12,14H,2,4,6-11H2,1,3H3. The quantitative estimate of drug-likeness (QED) is 0.444. The summed E-state index contributed by atoms with van der Waals surface area (Å²) in [6.07, 6.45) is 7.29. The molecule has 88 valence electrons. The lowest BCUT2D eigenvalue weighted by Crippen LogP contribution is -2.24. The topological polar surface area (TPSA) is 29.1 Å². The molecule has 1 atom stereocenters. The first-order valence-corrected chi connectivity index (χ1v) is 6.07. The number of hydrogen-bond donors (Lipinski definition) is 1. The largest absolute Gasteiger partial charge is 0.307 e. The maximum absolute atomic E-state index is 11.6. The van der Waals surface area contributed by atoms with Crippen molar-refractivity contribution in [1.82, 2.24) is 5.32 Å². The van der Waals surface area contributed by atoms with Crippen molar-refractivity contribution in [3.8, 4) is 0 Å². The van der Waals surface area contributed by atoms with Crippen LogP contribution in [0.25, 0.3) is 0 Å². The predicted octanol–water partition coefficient (Wildman–Crippen LogP) is 2.94. The number of Topliss-reactive ketones (excluding diaryl/α,β-unsaturated/α-hetero) is 1. The third-order valence-electron chi connectivity index (χ3n) is 2.67. The number of nitrogens with one attached hydrogen (secondary N) is 1. The molecule has 0 rings (SSSR count). The van der Waals surface area contributed by atoms with Gasteiger partial charge in [0, 0.05) is 13.0 Å². The molecule has 0 aliphatic heterocycles. The fourth-order valence-electron chi connectivity index (χ4n) is 1.65. The number of carbonyl (C=O) groups is 1. The van der Waals surface area contributed by atoms with Crippen molar-refractivity contribution in [3.05, 3.63) is 12.7 Å². The second-order valence-corrected chi connectivity index (χ2v) is 4.08. The Hall–Kier alpha value is -0.630. The number of hydrogen-bond acceptors (Lipinski definition) is 2. The minimum Gasteiger partial charge on any atom is -0.307 e. The van der Waals surface area contributed by atoms with Crippen LogP contribution in [-0.4, -0.2) is 18.9 Å². The first-order valence-electron chi connectivity index (χ1n) is 6.07. The monoisotopic (exact) mass is 211 g/mol. The van der Waals surface area contributed by atoms with Crippen LogP contribution in [0.4, 0.5) is 0 Å². The van der Waals surface area contributed by atoms with Crippen LogP contribution >= 0.6 is 0 Å². The van der Waals surface area contributed by atoms with Crippen LogP contribution in [0.1, 0.15) is 46.0 Å². The Kier molecular flexibility index (Phi) is 9.49. The van der Waals surface area contributed by atoms with E-state index in [0.717, 1.165) is 19.4 Å². The molecule has 0 amide bonds. The third kappa shape index (κ3) is 8.37. The van der Waals surface area contributed by atoms with Gasteiger partial charge >= 0.3 is 0 Å². The molecular formula is C13H25NO. The summed E-state index contributed by atoms with van der Waals surface area (Å²) in [5.41, 5.74) is 0. The van der Waals surface area contributed by atoms with Crippen molar-refractivity contribution < 1.29 is 4.79 Å². The Bertz CT molecular complexity index is 177. The summed E-state index contributed by atoms with van der Waals surface area (Å²) in [4.78, 5) is 11.6. The molecule has 0 heterocycles. The Labute approximate surface area is 94.1 Å². The molecule has 15 heavy (non-hydrogen) atoms. The van der Waals surface area contributed by atoms with Gasteiger partial charge in [-0.15, -0.1) is 6.58 Å². The molecule has 1 N–H and O–H groups in total. The molecule has 0 bridgehead atoms. The number of ketones is 1. The van der Waals surface area contributed by atoms with Crippen molar-refractivity contribution >= 4 is 5.78 Å². The van der Waals surface area contributed by atoms with Crippen LogP contribution in [0.5, 0.6) is 0 Å². The summed E-state index contributed by atoms with van der Waals surface area (Å²) in [6, 6.07) is 0. The van der Waals surface area contributed by atoms with Gasteiger partial charge in [0.1, 0.15) is 5.78 Å². The van der Waals surface area contributed by atoms with Gasteiger partial charge in [-0.3, -0.25) is 4.79 Å². The maximum Gasteiger partial charge on any atom is 0.146 e. The Balaban J connectivity index is 3.64. The van der Waals surface area contributed by atoms with E-state index < -0.39 is 0 Å². The highest BCUT2D eigenvalue weighted by Crippen LogP contribution is 2.16. The van der Waals surface area contributed by atoms with Gasteiger partial charge in [0.2, 0.25) is 0 Å². The lowest BCUT2D eigenvalue weighted by molar-refractivity contribution is -0.119. The van der Waals surface area contributed by atoms with E-state index in [2.05, 4.69) is 25.7 Å². The summed E-state index contributed by atoms with van der Waals surface area (Å²) in [5, 5.41) is 3.05. The second-order valence-electron chi connectivity index (χ2n) is 4.08. The van der Waals surface area contributed by atoms with Crippen molar-refractivity contribution in [1.29, 1.82) is 0 Å². The van der Waals surface area contributed by atoms with Crippen LogP contribution in [-0.2, 0) is 4.79 Å². The van der Waals surface area contributed by atoms with E-state index in [1.807, 2.05) is 0 Å². The molecule has 0 aromatic rings. The van der Waals surface area contributed by atoms with Crippen molar-refractivity contribution in [2.75, 3.05) is 13.1 Å². The third-order valence-corrected chi connectivity index (χ3v) is 2.67. The molecule has 0 saturated carbocycles. The zero-order chi connectivity index (χ0) is 11.5. The molecule has 0 aromatic heterocycles. The van der Waals surface area contributed by atoms with E-state index >= 15 is 0 Å². The van der Waals surface area contributed by atoms with E-state index in [0.29, 0.717) is 18.2 Å². The summed E-state index contributed by atoms with van der Waals surface area (Å²) < 4.78 is 0. The lowest BCUT2D eigenvalue weighted by Gasteiger charge is -2.13. The van der Waals surface area contributed by atoms with Gasteiger partial charge in [0.05, 0.1) is 6.54 Å². The highest BCUT2D eigenvalue weighted by Gasteiger charge is 2.10. The molecule has 2 nitrogen and oxygen atoms in total. The minimum absolute atomic E-state index is 0.333. The number of carbonyl (C=O) groups excluding carboxylic acids is 1. The van der Waals surface area contributed by atoms with E-state index in [1.54, 1.807) is 6.08 Å². The average molecular weight is 211 g/mol. The van der Waals surface area contributed by atoms with Gasteiger partial charge in [0.25, 0.3) is 0 Å². The minimum atomic E-state index is 0.333. The molecule has 0 radical (unpaired) electrons. The summed E-state index contributed by atoms with van der Waals surface area (Å²) in [5.74, 6) is 0.919. The van der Waals surface area contributed by atoms with Gasteiger partial charge in [0.15, 0.2) is 0 Å². The SMILES string of the molecule is C=CCNCC(=O)CC(CC)CCCC. The molecule has 0 fully saturated rings. The summed E-state index contributed by atoms with van der Waals surface area (Å²) in [7, 11) is 0. The van der Waals surface area contributed by atoms with E-state index in [1.165, 1.54) is 19.3 Å². The van der Waals surface area contributed by atoms with Crippen molar-refractivity contribution in [2.24, 2.45) is 5.92 Å². The molecule has 0 aliphatic carbocycles. The zero-order valence-electron chi connectivity index (χ0n) is 10.2. The first-order chi connectivity index (χ1) is 7.24. The normalized spacial score (nSPS) is 12.4. The smallest absolute Gasteiger partial charge is 0.146 e. The van der Waals surface area contributed by atoms with Crippen LogP contribution in [0.2, 0.25) is 0 Å². The fourth-order valence-corrected chi connectivity index (χ4v) is 1.65. The molecule has 0 aliphatic rings. The number of rotatable bonds is 10. The van der Waals surface area contributed by atoms with E-state index in [-0.39, 0.29) is 0 Å². The Morgan fingerprint density at radius 3 is 2.73 bits per heavy atom. The average Bonchev–Trinajstić information content (AvgIpc) is 2.24. The van der Waals surface area contributed by atoms with Gasteiger partial charge in [-0.2, -0.15) is 0 Å².